The van der Waals surface area contributed by atoms with Gasteiger partial charge in [-0.05, 0) is 62.1 Å². The molecule has 0 amide bonds. The van der Waals surface area contributed by atoms with Gasteiger partial charge in [-0.15, -0.1) is 0 Å². The Kier molecular flexibility index (Phi) is 5.14. The maximum atomic E-state index is 12.3. The summed E-state index contributed by atoms with van der Waals surface area (Å²) in [6.45, 7) is 7.34. The van der Waals surface area contributed by atoms with Gasteiger partial charge in [0.1, 0.15) is 4.88 Å². The van der Waals surface area contributed by atoms with Gasteiger partial charge in [0.25, 0.3) is 0 Å². The van der Waals surface area contributed by atoms with Gasteiger partial charge in [-0.1, -0.05) is 11.3 Å². The lowest BCUT2D eigenvalue weighted by atomic mass is 9.93. The Bertz CT molecular complexity index is 838. The lowest BCUT2D eigenvalue weighted by Gasteiger charge is -2.13. The molecular formula is C17H17NO5S. The van der Waals surface area contributed by atoms with E-state index in [1.54, 1.807) is 6.07 Å². The zero-order valence-electron chi connectivity index (χ0n) is 13.8. The molecule has 2 aromatic rings. The summed E-state index contributed by atoms with van der Waals surface area (Å²) in [4.78, 5) is 34.4. The summed E-state index contributed by atoms with van der Waals surface area (Å²) >= 11 is 0.722. The molecule has 0 saturated heterocycles. The second-order valence-electron chi connectivity index (χ2n) is 5.51. The van der Waals surface area contributed by atoms with Gasteiger partial charge < -0.3 is 4.74 Å². The highest BCUT2D eigenvalue weighted by Crippen LogP contribution is 2.25. The minimum atomic E-state index is -0.736. The number of ether oxygens (including phenoxy) is 1. The maximum Gasteiger partial charge on any atom is 0.349 e. The van der Waals surface area contributed by atoms with E-state index < -0.39 is 17.5 Å². The SMILES string of the molecule is Cc1cc(C(=O)COC(=O)c2ccc([N+](=O)[O-])s2)c(C)c(C)c1C. The second kappa shape index (κ2) is 6.92. The quantitative estimate of drug-likeness (QED) is 0.354. The molecule has 2 rings (SSSR count). The van der Waals surface area contributed by atoms with Gasteiger partial charge in [-0.3, -0.25) is 14.9 Å². The molecule has 0 aliphatic carbocycles. The average Bonchev–Trinajstić information content (AvgIpc) is 3.04. The third-order valence-electron chi connectivity index (χ3n) is 4.09. The van der Waals surface area contributed by atoms with E-state index in [-0.39, 0.29) is 15.7 Å². The second-order valence-corrected chi connectivity index (χ2v) is 6.57. The number of thiophene rings is 1. The van der Waals surface area contributed by atoms with E-state index in [1.807, 2.05) is 27.7 Å². The van der Waals surface area contributed by atoms with Crippen LogP contribution < -0.4 is 0 Å². The molecule has 0 aliphatic heterocycles. The van der Waals surface area contributed by atoms with Crippen LogP contribution in [0.15, 0.2) is 18.2 Å². The Hall–Kier alpha value is -2.54. The van der Waals surface area contributed by atoms with Crippen LogP contribution in [0.2, 0.25) is 0 Å². The number of carbonyl (C=O) groups is 2. The van der Waals surface area contributed by atoms with Gasteiger partial charge in [0.05, 0.1) is 4.92 Å². The first-order chi connectivity index (χ1) is 11.2. The molecule has 126 valence electrons. The zero-order valence-corrected chi connectivity index (χ0v) is 14.7. The van der Waals surface area contributed by atoms with Crippen LogP contribution in [-0.4, -0.2) is 23.3 Å². The van der Waals surface area contributed by atoms with E-state index in [0.29, 0.717) is 5.56 Å². The van der Waals surface area contributed by atoms with E-state index in [4.69, 9.17) is 4.74 Å². The minimum Gasteiger partial charge on any atom is -0.453 e. The van der Waals surface area contributed by atoms with Crippen LogP contribution >= 0.6 is 11.3 Å². The third kappa shape index (κ3) is 3.51. The molecule has 0 atom stereocenters. The van der Waals surface area contributed by atoms with Gasteiger partial charge in [0.15, 0.2) is 6.61 Å². The smallest absolute Gasteiger partial charge is 0.349 e. The fourth-order valence-electron chi connectivity index (χ4n) is 2.32. The van der Waals surface area contributed by atoms with Crippen LogP contribution in [0.5, 0.6) is 0 Å². The number of nitro groups is 1. The molecule has 1 heterocycles. The van der Waals surface area contributed by atoms with Crippen molar-refractivity contribution < 1.29 is 19.2 Å². The van der Waals surface area contributed by atoms with Crippen molar-refractivity contribution in [1.29, 1.82) is 0 Å². The maximum absolute atomic E-state index is 12.3. The van der Waals surface area contributed by atoms with Crippen LogP contribution in [0.3, 0.4) is 0 Å². The molecule has 6 nitrogen and oxygen atoms in total. The van der Waals surface area contributed by atoms with Crippen LogP contribution in [0.1, 0.15) is 42.3 Å². The molecule has 1 aromatic heterocycles. The van der Waals surface area contributed by atoms with E-state index in [2.05, 4.69) is 0 Å². The average molecular weight is 347 g/mol. The number of benzene rings is 1. The number of esters is 1. The molecule has 0 radical (unpaired) electrons. The molecule has 7 heteroatoms. The summed E-state index contributed by atoms with van der Waals surface area (Å²) in [6.07, 6.45) is 0. The molecule has 0 bridgehead atoms. The Labute approximate surface area is 143 Å². The highest BCUT2D eigenvalue weighted by Gasteiger charge is 2.19. The Balaban J connectivity index is 2.10. The topological polar surface area (TPSA) is 86.5 Å². The monoisotopic (exact) mass is 347 g/mol. The van der Waals surface area contributed by atoms with Crippen molar-refractivity contribution in [2.24, 2.45) is 0 Å². The molecular weight excluding hydrogens is 330 g/mol. The van der Waals surface area contributed by atoms with Crippen molar-refractivity contribution in [2.75, 3.05) is 6.61 Å². The molecule has 0 N–H and O–H groups in total. The van der Waals surface area contributed by atoms with Crippen LogP contribution in [0, 0.1) is 37.8 Å². The molecule has 1 aromatic carbocycles. The predicted molar refractivity (Wildman–Crippen MR) is 91.0 cm³/mol. The molecule has 0 aliphatic rings. The highest BCUT2D eigenvalue weighted by atomic mass is 32.1. The third-order valence-corrected chi connectivity index (χ3v) is 5.11. The summed E-state index contributed by atoms with van der Waals surface area (Å²) in [6, 6.07) is 4.35. The van der Waals surface area contributed by atoms with Crippen LogP contribution in [0.4, 0.5) is 5.00 Å². The predicted octanol–water partition coefficient (Wildman–Crippen LogP) is 3.93. The van der Waals surface area contributed by atoms with Gasteiger partial charge in [0, 0.05) is 11.6 Å². The summed E-state index contributed by atoms with van der Waals surface area (Å²) < 4.78 is 5.00. The minimum absolute atomic E-state index is 0.0995. The molecule has 24 heavy (non-hydrogen) atoms. The Morgan fingerprint density at radius 2 is 1.79 bits per heavy atom. The number of hydrogen-bond acceptors (Lipinski definition) is 6. The molecule has 0 fully saturated rings. The van der Waals surface area contributed by atoms with Gasteiger partial charge in [0.2, 0.25) is 5.78 Å². The number of Topliss-reactive ketones (excluding diaryl/α,β-unsaturated/α-hetero) is 1. The number of aryl methyl sites for hydroxylation is 1. The van der Waals surface area contributed by atoms with Crippen LogP contribution in [-0.2, 0) is 4.74 Å². The number of carbonyl (C=O) groups excluding carboxylic acids is 2. The summed E-state index contributed by atoms with van der Waals surface area (Å²) in [5, 5.41) is 10.5. The number of hydrogen-bond donors (Lipinski definition) is 0. The molecule has 0 unspecified atom stereocenters. The Morgan fingerprint density at radius 1 is 1.12 bits per heavy atom. The Morgan fingerprint density at radius 3 is 2.38 bits per heavy atom. The number of rotatable bonds is 5. The molecule has 0 saturated carbocycles. The van der Waals surface area contributed by atoms with Crippen molar-refractivity contribution in [3.05, 3.63) is 61.0 Å². The fourth-order valence-corrected chi connectivity index (χ4v) is 3.03. The largest absolute Gasteiger partial charge is 0.453 e. The van der Waals surface area contributed by atoms with Gasteiger partial charge in [-0.2, -0.15) is 0 Å². The first-order valence-corrected chi connectivity index (χ1v) is 8.06. The highest BCUT2D eigenvalue weighted by molar-refractivity contribution is 7.17. The van der Waals surface area contributed by atoms with Crippen molar-refractivity contribution in [3.8, 4) is 0 Å². The standard InChI is InChI=1S/C17H17NO5S/c1-9-7-13(12(4)11(3)10(9)2)14(19)8-23-17(20)15-5-6-16(24-15)18(21)22/h5-7H,8H2,1-4H3. The summed E-state index contributed by atoms with van der Waals surface area (Å²) in [7, 11) is 0. The zero-order chi connectivity index (χ0) is 18.0. The van der Waals surface area contributed by atoms with Gasteiger partial charge >= 0.3 is 11.0 Å². The van der Waals surface area contributed by atoms with E-state index in [1.165, 1.54) is 12.1 Å². The summed E-state index contributed by atoms with van der Waals surface area (Å²) in [5.41, 5.74) is 4.57. The number of ketones is 1. The van der Waals surface area contributed by atoms with E-state index >= 15 is 0 Å². The van der Waals surface area contributed by atoms with Crippen molar-refractivity contribution >= 4 is 28.1 Å². The lowest BCUT2D eigenvalue weighted by molar-refractivity contribution is -0.380. The van der Waals surface area contributed by atoms with Crippen LogP contribution in [0.25, 0.3) is 0 Å². The van der Waals surface area contributed by atoms with Crippen molar-refractivity contribution in [2.45, 2.75) is 27.7 Å². The number of nitrogens with zero attached hydrogens (tertiary/aromatic N) is 1. The first-order valence-electron chi connectivity index (χ1n) is 7.24. The van der Waals surface area contributed by atoms with E-state index in [9.17, 15) is 19.7 Å². The lowest BCUT2D eigenvalue weighted by Crippen LogP contribution is -2.15. The normalized spacial score (nSPS) is 10.5. The van der Waals surface area contributed by atoms with Gasteiger partial charge in [-0.25, -0.2) is 4.79 Å². The fraction of sp³-hybridized carbons (Fsp3) is 0.294. The van der Waals surface area contributed by atoms with Crippen molar-refractivity contribution in [3.63, 3.8) is 0 Å². The summed E-state index contributed by atoms with van der Waals surface area (Å²) in [5.74, 6) is -1.03. The molecule has 0 spiro atoms. The first kappa shape index (κ1) is 17.8. The van der Waals surface area contributed by atoms with E-state index in [0.717, 1.165) is 33.6 Å². The van der Waals surface area contributed by atoms with Crippen molar-refractivity contribution in [1.82, 2.24) is 0 Å².